The van der Waals surface area contributed by atoms with Gasteiger partial charge in [0, 0.05) is 17.8 Å². The Balaban J connectivity index is 1.95. The minimum atomic E-state index is -0.169. The van der Waals surface area contributed by atoms with E-state index in [4.69, 9.17) is 4.74 Å². The van der Waals surface area contributed by atoms with Crippen LogP contribution in [0.15, 0.2) is 54.6 Å². The first-order chi connectivity index (χ1) is 12.6. The molecule has 2 aromatic carbocycles. The van der Waals surface area contributed by atoms with Gasteiger partial charge in [-0.25, -0.2) is 0 Å². The first kappa shape index (κ1) is 17.7. The maximum Gasteiger partial charge on any atom is 0.273 e. The van der Waals surface area contributed by atoms with Crippen LogP contribution in [0.1, 0.15) is 29.4 Å². The monoisotopic (exact) mass is 349 g/mol. The fourth-order valence-corrected chi connectivity index (χ4v) is 2.89. The maximum atomic E-state index is 12.8. The molecule has 1 heterocycles. The molecule has 5 heteroatoms. The Morgan fingerprint density at radius 2 is 1.96 bits per heavy atom. The van der Waals surface area contributed by atoms with Gasteiger partial charge in [0.1, 0.15) is 11.4 Å². The second-order valence-corrected chi connectivity index (χ2v) is 6.16. The normalized spacial score (nSPS) is 10.6. The Morgan fingerprint density at radius 3 is 2.69 bits per heavy atom. The van der Waals surface area contributed by atoms with E-state index >= 15 is 0 Å². The van der Waals surface area contributed by atoms with Gasteiger partial charge in [-0.2, -0.15) is 5.10 Å². The molecule has 0 atom stereocenters. The first-order valence-corrected chi connectivity index (χ1v) is 8.71. The highest BCUT2D eigenvalue weighted by atomic mass is 16.5. The van der Waals surface area contributed by atoms with Crippen molar-refractivity contribution in [2.24, 2.45) is 0 Å². The molecule has 0 radical (unpaired) electrons. The molecular weight excluding hydrogens is 326 g/mol. The summed E-state index contributed by atoms with van der Waals surface area (Å²) >= 11 is 0. The van der Waals surface area contributed by atoms with Crippen molar-refractivity contribution in [2.45, 2.75) is 26.8 Å². The standard InChI is InChI=1S/C21H23N3O2/c1-4-12-24-19(21(25)22-16-9-7-8-15(2)13-16)14-18(23-24)17-10-5-6-11-20(17)26-3/h5-11,13-14H,4,12H2,1-3H3,(H,22,25). The fraction of sp³-hybridized carbons (Fsp3) is 0.238. The molecule has 1 aromatic heterocycles. The van der Waals surface area contributed by atoms with Crippen molar-refractivity contribution < 1.29 is 9.53 Å². The van der Waals surface area contributed by atoms with E-state index in [1.807, 2.05) is 61.5 Å². The van der Waals surface area contributed by atoms with Crippen LogP contribution in [0.4, 0.5) is 5.69 Å². The average Bonchev–Trinajstić information content (AvgIpc) is 3.06. The minimum absolute atomic E-state index is 0.169. The highest BCUT2D eigenvalue weighted by Gasteiger charge is 2.18. The van der Waals surface area contributed by atoms with Crippen LogP contribution in [0.2, 0.25) is 0 Å². The lowest BCUT2D eigenvalue weighted by Gasteiger charge is -2.08. The topological polar surface area (TPSA) is 56.2 Å². The van der Waals surface area contributed by atoms with Crippen LogP contribution in [0.3, 0.4) is 0 Å². The zero-order chi connectivity index (χ0) is 18.5. The highest BCUT2D eigenvalue weighted by molar-refractivity contribution is 6.03. The molecule has 3 aromatic rings. The van der Waals surface area contributed by atoms with Crippen LogP contribution >= 0.6 is 0 Å². The number of ether oxygens (including phenoxy) is 1. The van der Waals surface area contributed by atoms with Crippen LogP contribution < -0.4 is 10.1 Å². The van der Waals surface area contributed by atoms with Gasteiger partial charge in [0.25, 0.3) is 5.91 Å². The molecule has 3 rings (SSSR count). The number of para-hydroxylation sites is 1. The van der Waals surface area contributed by atoms with E-state index in [-0.39, 0.29) is 5.91 Å². The van der Waals surface area contributed by atoms with E-state index in [0.29, 0.717) is 12.2 Å². The number of hydrogen-bond donors (Lipinski definition) is 1. The fourth-order valence-electron chi connectivity index (χ4n) is 2.89. The second-order valence-electron chi connectivity index (χ2n) is 6.16. The van der Waals surface area contributed by atoms with Gasteiger partial charge in [-0.1, -0.05) is 31.2 Å². The van der Waals surface area contributed by atoms with Crippen molar-refractivity contribution in [1.29, 1.82) is 0 Å². The van der Waals surface area contributed by atoms with Crippen LogP contribution in [0, 0.1) is 6.92 Å². The predicted molar refractivity (Wildman–Crippen MR) is 104 cm³/mol. The summed E-state index contributed by atoms with van der Waals surface area (Å²) in [5.74, 6) is 0.567. The Morgan fingerprint density at radius 1 is 1.15 bits per heavy atom. The molecule has 0 aliphatic heterocycles. The lowest BCUT2D eigenvalue weighted by Crippen LogP contribution is -2.17. The van der Waals surface area contributed by atoms with Gasteiger partial charge < -0.3 is 10.1 Å². The molecule has 1 amide bonds. The van der Waals surface area contributed by atoms with E-state index in [1.54, 1.807) is 11.8 Å². The summed E-state index contributed by atoms with van der Waals surface area (Å²) in [5.41, 5.74) is 4.01. The van der Waals surface area contributed by atoms with Crippen molar-refractivity contribution in [1.82, 2.24) is 9.78 Å². The third-order valence-electron chi connectivity index (χ3n) is 4.11. The number of carbonyl (C=O) groups is 1. The molecule has 0 aliphatic carbocycles. The molecule has 26 heavy (non-hydrogen) atoms. The zero-order valence-corrected chi connectivity index (χ0v) is 15.3. The van der Waals surface area contributed by atoms with E-state index in [9.17, 15) is 4.79 Å². The quantitative estimate of drug-likeness (QED) is 0.711. The zero-order valence-electron chi connectivity index (χ0n) is 15.3. The number of nitrogens with zero attached hydrogens (tertiary/aromatic N) is 2. The second kappa shape index (κ2) is 7.87. The number of aryl methyl sites for hydroxylation is 2. The van der Waals surface area contributed by atoms with Gasteiger partial charge >= 0.3 is 0 Å². The van der Waals surface area contributed by atoms with Gasteiger partial charge in [0.2, 0.25) is 0 Å². The van der Waals surface area contributed by atoms with Crippen molar-refractivity contribution in [2.75, 3.05) is 12.4 Å². The number of rotatable bonds is 6. The molecule has 0 unspecified atom stereocenters. The lowest BCUT2D eigenvalue weighted by molar-refractivity contribution is 0.101. The molecular formula is C21H23N3O2. The van der Waals surface area contributed by atoms with Crippen molar-refractivity contribution >= 4 is 11.6 Å². The summed E-state index contributed by atoms with van der Waals surface area (Å²) in [6.45, 7) is 4.73. The molecule has 0 fully saturated rings. The Bertz CT molecular complexity index is 915. The van der Waals surface area contributed by atoms with E-state index < -0.39 is 0 Å². The summed E-state index contributed by atoms with van der Waals surface area (Å²) in [6, 6.07) is 17.2. The van der Waals surface area contributed by atoms with Crippen LogP contribution in [-0.4, -0.2) is 22.8 Å². The van der Waals surface area contributed by atoms with Crippen LogP contribution in [0.25, 0.3) is 11.3 Å². The van der Waals surface area contributed by atoms with Crippen LogP contribution in [0.5, 0.6) is 5.75 Å². The van der Waals surface area contributed by atoms with E-state index in [2.05, 4.69) is 17.3 Å². The van der Waals surface area contributed by atoms with E-state index in [0.717, 1.165) is 34.7 Å². The molecule has 0 saturated carbocycles. The minimum Gasteiger partial charge on any atom is -0.496 e. The molecule has 5 nitrogen and oxygen atoms in total. The smallest absolute Gasteiger partial charge is 0.273 e. The van der Waals surface area contributed by atoms with Gasteiger partial charge in [-0.05, 0) is 49.2 Å². The number of carbonyl (C=O) groups excluding carboxylic acids is 1. The highest BCUT2D eigenvalue weighted by Crippen LogP contribution is 2.29. The van der Waals surface area contributed by atoms with Gasteiger partial charge in [-0.3, -0.25) is 9.48 Å². The van der Waals surface area contributed by atoms with Crippen molar-refractivity contribution in [3.05, 3.63) is 65.9 Å². The SMILES string of the molecule is CCCn1nc(-c2ccccc2OC)cc1C(=O)Nc1cccc(C)c1. The van der Waals surface area contributed by atoms with Crippen molar-refractivity contribution in [3.8, 4) is 17.0 Å². The van der Waals surface area contributed by atoms with Gasteiger partial charge in [0.15, 0.2) is 0 Å². The number of amides is 1. The largest absolute Gasteiger partial charge is 0.496 e. The number of benzene rings is 2. The Kier molecular flexibility index (Phi) is 5.37. The Hall–Kier alpha value is -3.08. The summed E-state index contributed by atoms with van der Waals surface area (Å²) in [5, 5.41) is 7.60. The molecule has 1 N–H and O–H groups in total. The number of anilines is 1. The maximum absolute atomic E-state index is 12.8. The molecule has 0 bridgehead atoms. The van der Waals surface area contributed by atoms with Crippen LogP contribution in [-0.2, 0) is 6.54 Å². The summed E-state index contributed by atoms with van der Waals surface area (Å²) in [6.07, 6.45) is 0.887. The third-order valence-corrected chi connectivity index (χ3v) is 4.11. The van der Waals surface area contributed by atoms with Crippen molar-refractivity contribution in [3.63, 3.8) is 0 Å². The first-order valence-electron chi connectivity index (χ1n) is 8.71. The number of hydrogen-bond acceptors (Lipinski definition) is 3. The van der Waals surface area contributed by atoms with Gasteiger partial charge in [0.05, 0.1) is 12.8 Å². The lowest BCUT2D eigenvalue weighted by atomic mass is 10.1. The molecule has 0 saturated heterocycles. The molecule has 134 valence electrons. The molecule has 0 aliphatic rings. The number of methoxy groups -OCH3 is 1. The average molecular weight is 349 g/mol. The van der Waals surface area contributed by atoms with Gasteiger partial charge in [-0.15, -0.1) is 0 Å². The van der Waals surface area contributed by atoms with E-state index in [1.165, 1.54) is 0 Å². The number of nitrogens with one attached hydrogen (secondary N) is 1. The predicted octanol–water partition coefficient (Wildman–Crippen LogP) is 4.53. The third kappa shape index (κ3) is 3.77. The molecule has 0 spiro atoms. The summed E-state index contributed by atoms with van der Waals surface area (Å²) in [7, 11) is 1.63. The summed E-state index contributed by atoms with van der Waals surface area (Å²) < 4.78 is 7.19. The summed E-state index contributed by atoms with van der Waals surface area (Å²) in [4.78, 5) is 12.8. The number of aromatic nitrogens is 2. The Labute approximate surface area is 153 Å².